The lowest BCUT2D eigenvalue weighted by Crippen LogP contribution is -3.13. The third-order valence-corrected chi connectivity index (χ3v) is 6.82. The number of rotatable bonds is 3. The SMILES string of the molecule is O=C(c1cc2c(s1)CCC2)N1CC[NH+](Cc2cccs2)CC1. The fourth-order valence-corrected chi connectivity index (χ4v) is 5.45. The molecular weight excluding hydrogens is 312 g/mol. The number of hydrogen-bond donors (Lipinski definition) is 1. The van der Waals surface area contributed by atoms with Gasteiger partial charge in [-0.05, 0) is 42.3 Å². The average molecular weight is 334 g/mol. The summed E-state index contributed by atoms with van der Waals surface area (Å²) in [6.07, 6.45) is 3.60. The Morgan fingerprint density at radius 1 is 1.27 bits per heavy atom. The molecule has 1 fully saturated rings. The molecule has 2 aliphatic rings. The Balaban J connectivity index is 1.35. The minimum absolute atomic E-state index is 0.259. The summed E-state index contributed by atoms with van der Waals surface area (Å²) in [5.41, 5.74) is 1.43. The van der Waals surface area contributed by atoms with Crippen LogP contribution in [0.15, 0.2) is 23.6 Å². The molecule has 1 amide bonds. The fourth-order valence-electron chi connectivity index (χ4n) is 3.45. The molecule has 0 atom stereocenters. The average Bonchev–Trinajstić information content (AvgIpc) is 3.24. The summed E-state index contributed by atoms with van der Waals surface area (Å²) in [5, 5.41) is 2.14. The van der Waals surface area contributed by atoms with Crippen LogP contribution in [0.2, 0.25) is 0 Å². The normalized spacial score (nSPS) is 18.6. The number of carbonyl (C=O) groups excluding carboxylic acids is 1. The molecule has 0 bridgehead atoms. The van der Waals surface area contributed by atoms with Gasteiger partial charge in [0.1, 0.15) is 6.54 Å². The van der Waals surface area contributed by atoms with Gasteiger partial charge < -0.3 is 9.80 Å². The lowest BCUT2D eigenvalue weighted by atomic mass is 10.2. The Kier molecular flexibility index (Phi) is 4.03. The van der Waals surface area contributed by atoms with Gasteiger partial charge in [0, 0.05) is 4.88 Å². The van der Waals surface area contributed by atoms with Crippen LogP contribution in [-0.4, -0.2) is 37.0 Å². The Morgan fingerprint density at radius 2 is 2.14 bits per heavy atom. The summed E-state index contributed by atoms with van der Waals surface area (Å²) < 4.78 is 0. The van der Waals surface area contributed by atoms with E-state index in [-0.39, 0.29) is 5.91 Å². The summed E-state index contributed by atoms with van der Waals surface area (Å²) in [5.74, 6) is 0.259. The van der Waals surface area contributed by atoms with Gasteiger partial charge in [-0.15, -0.1) is 22.7 Å². The van der Waals surface area contributed by atoms with Gasteiger partial charge in [0.2, 0.25) is 0 Å². The van der Waals surface area contributed by atoms with Gasteiger partial charge in [0.25, 0.3) is 5.91 Å². The first kappa shape index (κ1) is 14.4. The molecule has 0 aromatic carbocycles. The molecule has 2 aromatic heterocycles. The molecule has 2 aromatic rings. The Morgan fingerprint density at radius 3 is 2.86 bits per heavy atom. The zero-order valence-electron chi connectivity index (χ0n) is 12.6. The fraction of sp³-hybridized carbons (Fsp3) is 0.471. The third-order valence-electron chi connectivity index (χ3n) is 4.72. The van der Waals surface area contributed by atoms with Crippen molar-refractivity contribution in [2.45, 2.75) is 25.8 Å². The van der Waals surface area contributed by atoms with E-state index in [2.05, 4.69) is 28.5 Å². The highest BCUT2D eigenvalue weighted by Crippen LogP contribution is 2.31. The number of nitrogens with one attached hydrogen (secondary N) is 1. The standard InChI is InChI=1S/C17H20N2OS2/c20-17(16-11-13-3-1-5-15(13)22-16)19-8-6-18(7-9-19)12-14-4-2-10-21-14/h2,4,10-11H,1,3,5-9,12H2/p+1. The molecule has 3 heterocycles. The number of piperazine rings is 1. The molecule has 4 rings (SSSR count). The van der Waals surface area contributed by atoms with E-state index < -0.39 is 0 Å². The first-order chi connectivity index (χ1) is 10.8. The van der Waals surface area contributed by atoms with Crippen LogP contribution in [0, 0.1) is 0 Å². The van der Waals surface area contributed by atoms with Gasteiger partial charge in [-0.25, -0.2) is 0 Å². The quantitative estimate of drug-likeness (QED) is 0.911. The minimum atomic E-state index is 0.259. The highest BCUT2D eigenvalue weighted by Gasteiger charge is 2.27. The minimum Gasteiger partial charge on any atom is -0.328 e. The van der Waals surface area contributed by atoms with Gasteiger partial charge in [0.05, 0.1) is 35.9 Å². The molecule has 1 N–H and O–H groups in total. The van der Waals surface area contributed by atoms with E-state index in [0.29, 0.717) is 0 Å². The number of amides is 1. The van der Waals surface area contributed by atoms with Crippen LogP contribution in [0.25, 0.3) is 0 Å². The molecular formula is C17H21N2OS2+. The Bertz CT molecular complexity index is 633. The van der Waals surface area contributed by atoms with Crippen molar-refractivity contribution in [3.8, 4) is 0 Å². The van der Waals surface area contributed by atoms with E-state index in [1.807, 2.05) is 11.3 Å². The van der Waals surface area contributed by atoms with Crippen molar-refractivity contribution in [3.05, 3.63) is 43.8 Å². The predicted octanol–water partition coefficient (Wildman–Crippen LogP) is 1.84. The van der Waals surface area contributed by atoms with Gasteiger partial charge in [-0.1, -0.05) is 6.07 Å². The van der Waals surface area contributed by atoms with Crippen molar-refractivity contribution in [3.63, 3.8) is 0 Å². The molecule has 1 saturated heterocycles. The van der Waals surface area contributed by atoms with Crippen LogP contribution in [0.1, 0.15) is 31.4 Å². The highest BCUT2D eigenvalue weighted by molar-refractivity contribution is 7.14. The molecule has 3 nitrogen and oxygen atoms in total. The maximum atomic E-state index is 12.7. The van der Waals surface area contributed by atoms with E-state index >= 15 is 0 Å². The first-order valence-corrected chi connectivity index (χ1v) is 9.76. The maximum absolute atomic E-state index is 12.7. The van der Waals surface area contributed by atoms with Crippen molar-refractivity contribution in [2.24, 2.45) is 0 Å². The summed E-state index contributed by atoms with van der Waals surface area (Å²) in [7, 11) is 0. The first-order valence-electron chi connectivity index (χ1n) is 8.06. The molecule has 0 unspecified atom stereocenters. The lowest BCUT2D eigenvalue weighted by molar-refractivity contribution is -0.917. The molecule has 5 heteroatoms. The second-order valence-corrected chi connectivity index (χ2v) is 8.38. The van der Waals surface area contributed by atoms with E-state index in [1.54, 1.807) is 16.2 Å². The molecule has 0 spiro atoms. The monoisotopic (exact) mass is 333 g/mol. The summed E-state index contributed by atoms with van der Waals surface area (Å²) in [4.78, 5) is 20.2. The number of thiophene rings is 2. The molecule has 22 heavy (non-hydrogen) atoms. The van der Waals surface area contributed by atoms with Crippen molar-refractivity contribution in [1.29, 1.82) is 0 Å². The molecule has 0 saturated carbocycles. The number of carbonyl (C=O) groups is 1. The van der Waals surface area contributed by atoms with Crippen LogP contribution in [0.5, 0.6) is 0 Å². The van der Waals surface area contributed by atoms with Crippen LogP contribution >= 0.6 is 22.7 Å². The topological polar surface area (TPSA) is 24.8 Å². The number of nitrogens with zero attached hydrogens (tertiary/aromatic N) is 1. The number of aryl methyl sites for hydroxylation is 2. The summed E-state index contributed by atoms with van der Waals surface area (Å²) >= 11 is 3.57. The largest absolute Gasteiger partial charge is 0.328 e. The van der Waals surface area contributed by atoms with E-state index in [1.165, 1.54) is 28.2 Å². The number of quaternary nitrogens is 1. The molecule has 1 aliphatic heterocycles. The number of fused-ring (bicyclic) bond motifs is 1. The van der Waals surface area contributed by atoms with Crippen LogP contribution in [-0.2, 0) is 19.4 Å². The maximum Gasteiger partial charge on any atom is 0.264 e. The Labute approximate surface area is 139 Å². The molecule has 1 aliphatic carbocycles. The van der Waals surface area contributed by atoms with Crippen molar-refractivity contribution < 1.29 is 9.69 Å². The van der Waals surface area contributed by atoms with Crippen molar-refractivity contribution >= 4 is 28.6 Å². The van der Waals surface area contributed by atoms with E-state index in [4.69, 9.17) is 0 Å². The third kappa shape index (κ3) is 2.85. The van der Waals surface area contributed by atoms with E-state index in [0.717, 1.165) is 44.0 Å². The zero-order valence-corrected chi connectivity index (χ0v) is 14.3. The van der Waals surface area contributed by atoms with Gasteiger partial charge in [0.15, 0.2) is 0 Å². The summed E-state index contributed by atoms with van der Waals surface area (Å²) in [6.45, 7) is 5.01. The smallest absolute Gasteiger partial charge is 0.264 e. The van der Waals surface area contributed by atoms with Gasteiger partial charge >= 0.3 is 0 Å². The lowest BCUT2D eigenvalue weighted by Gasteiger charge is -2.31. The van der Waals surface area contributed by atoms with Crippen LogP contribution in [0.3, 0.4) is 0 Å². The molecule has 0 radical (unpaired) electrons. The number of hydrogen-bond acceptors (Lipinski definition) is 3. The zero-order chi connectivity index (χ0) is 14.9. The van der Waals surface area contributed by atoms with Crippen molar-refractivity contribution in [2.75, 3.05) is 26.2 Å². The summed E-state index contributed by atoms with van der Waals surface area (Å²) in [6, 6.07) is 6.48. The second kappa shape index (κ2) is 6.14. The van der Waals surface area contributed by atoms with Gasteiger partial charge in [-0.3, -0.25) is 4.79 Å². The highest BCUT2D eigenvalue weighted by atomic mass is 32.1. The molecule has 116 valence electrons. The van der Waals surface area contributed by atoms with Crippen molar-refractivity contribution in [1.82, 2.24) is 4.90 Å². The van der Waals surface area contributed by atoms with E-state index in [9.17, 15) is 4.79 Å². The second-order valence-electron chi connectivity index (χ2n) is 6.21. The van der Waals surface area contributed by atoms with Crippen LogP contribution < -0.4 is 4.90 Å². The Hall–Kier alpha value is -1.17. The van der Waals surface area contributed by atoms with Crippen LogP contribution in [0.4, 0.5) is 0 Å². The predicted molar refractivity (Wildman–Crippen MR) is 91.0 cm³/mol. The van der Waals surface area contributed by atoms with Gasteiger partial charge in [-0.2, -0.15) is 0 Å².